The van der Waals surface area contributed by atoms with Crippen molar-refractivity contribution in [2.45, 2.75) is 13.0 Å². The van der Waals surface area contributed by atoms with Crippen LogP contribution in [0.15, 0.2) is 6.20 Å². The van der Waals surface area contributed by atoms with Gasteiger partial charge in [-0.2, -0.15) is 4.98 Å². The number of nitrogens with one attached hydrogen (secondary N) is 1. The number of aliphatic hydroxyl groups excluding tert-OH is 1. The Labute approximate surface area is 79.8 Å². The second-order valence-electron chi connectivity index (χ2n) is 2.56. The van der Waals surface area contributed by atoms with E-state index < -0.39 is 5.82 Å². The van der Waals surface area contributed by atoms with E-state index in [1.807, 2.05) is 0 Å². The third-order valence-corrected chi connectivity index (χ3v) is 1.55. The van der Waals surface area contributed by atoms with E-state index >= 15 is 0 Å². The molecule has 0 spiro atoms. The predicted octanol–water partition coefficient (Wildman–Crippen LogP) is 1.06. The molecule has 1 heterocycles. The maximum absolute atomic E-state index is 12.9. The number of anilines is 1. The van der Waals surface area contributed by atoms with Crippen molar-refractivity contribution in [3.8, 4) is 0 Å². The van der Waals surface area contributed by atoms with E-state index in [1.165, 1.54) is 0 Å². The summed E-state index contributed by atoms with van der Waals surface area (Å²) in [6.45, 7) is 1.58. The molecule has 0 fully saturated rings. The van der Waals surface area contributed by atoms with Crippen molar-refractivity contribution in [2.75, 3.05) is 11.9 Å². The zero-order chi connectivity index (χ0) is 9.84. The molecule has 0 bridgehead atoms. The molecule has 1 atom stereocenters. The Morgan fingerprint density at radius 1 is 1.77 bits per heavy atom. The van der Waals surface area contributed by atoms with Crippen molar-refractivity contribution in [2.24, 2.45) is 0 Å². The quantitative estimate of drug-likeness (QED) is 0.725. The fourth-order valence-corrected chi connectivity index (χ4v) is 0.859. The summed E-state index contributed by atoms with van der Waals surface area (Å²) in [6, 6.07) is -0.277. The maximum Gasteiger partial charge on any atom is 0.224 e. The van der Waals surface area contributed by atoms with Gasteiger partial charge in [0.15, 0.2) is 11.6 Å². The molecule has 4 nitrogen and oxygen atoms in total. The predicted molar refractivity (Wildman–Crippen MR) is 47.2 cm³/mol. The molecule has 2 N–H and O–H groups in total. The van der Waals surface area contributed by atoms with Crippen molar-refractivity contribution >= 4 is 17.4 Å². The van der Waals surface area contributed by atoms with Gasteiger partial charge in [-0.25, -0.2) is 9.37 Å². The summed E-state index contributed by atoms with van der Waals surface area (Å²) in [4.78, 5) is 7.07. The van der Waals surface area contributed by atoms with Crippen LogP contribution >= 0.6 is 11.6 Å². The van der Waals surface area contributed by atoms with Crippen LogP contribution in [0, 0.1) is 5.82 Å². The lowest BCUT2D eigenvalue weighted by Crippen LogP contribution is -2.21. The van der Waals surface area contributed by atoms with Crippen molar-refractivity contribution in [3.05, 3.63) is 17.3 Å². The molecular formula is C7H9ClFN3O. The lowest BCUT2D eigenvalue weighted by molar-refractivity contribution is 0.281. The molecule has 1 rings (SSSR count). The maximum atomic E-state index is 12.9. The largest absolute Gasteiger partial charge is 0.394 e. The van der Waals surface area contributed by atoms with Gasteiger partial charge in [-0.3, -0.25) is 0 Å². The summed E-state index contributed by atoms with van der Waals surface area (Å²) in [5, 5.41) is 11.3. The average molecular weight is 206 g/mol. The molecule has 1 unspecified atom stereocenters. The standard InChI is InChI=1S/C7H9ClFN3O/c1-4(3-13)11-6-5(9)2-10-7(8)12-6/h2,4,13H,3H2,1H3,(H,10,11,12). The molecule has 6 heteroatoms. The summed E-state index contributed by atoms with van der Waals surface area (Å²) < 4.78 is 12.9. The lowest BCUT2D eigenvalue weighted by atomic mass is 10.3. The first-order valence-corrected chi connectivity index (χ1v) is 4.06. The van der Waals surface area contributed by atoms with Crippen molar-refractivity contribution in [1.82, 2.24) is 9.97 Å². The number of aliphatic hydroxyl groups is 1. The van der Waals surface area contributed by atoms with Gasteiger partial charge in [-0.05, 0) is 18.5 Å². The van der Waals surface area contributed by atoms with Gasteiger partial charge in [0.25, 0.3) is 0 Å². The molecular weight excluding hydrogens is 197 g/mol. The van der Waals surface area contributed by atoms with Gasteiger partial charge in [0, 0.05) is 6.04 Å². The first kappa shape index (κ1) is 10.1. The van der Waals surface area contributed by atoms with Crippen LogP contribution in [-0.2, 0) is 0 Å². The smallest absolute Gasteiger partial charge is 0.224 e. The second-order valence-corrected chi connectivity index (χ2v) is 2.90. The van der Waals surface area contributed by atoms with E-state index in [0.29, 0.717) is 0 Å². The number of aromatic nitrogens is 2. The minimum atomic E-state index is -0.593. The fraction of sp³-hybridized carbons (Fsp3) is 0.429. The zero-order valence-corrected chi connectivity index (χ0v) is 7.72. The van der Waals surface area contributed by atoms with Gasteiger partial charge in [-0.15, -0.1) is 0 Å². The average Bonchev–Trinajstić information content (AvgIpc) is 2.11. The number of rotatable bonds is 3. The van der Waals surface area contributed by atoms with Crippen molar-refractivity contribution in [1.29, 1.82) is 0 Å². The monoisotopic (exact) mass is 205 g/mol. The number of hydrogen-bond donors (Lipinski definition) is 2. The highest BCUT2D eigenvalue weighted by Gasteiger charge is 2.07. The van der Waals surface area contributed by atoms with Crippen LogP contribution in [0.5, 0.6) is 0 Å². The van der Waals surface area contributed by atoms with Crippen molar-refractivity contribution in [3.63, 3.8) is 0 Å². The normalized spacial score (nSPS) is 12.6. The highest BCUT2D eigenvalue weighted by atomic mass is 35.5. The van der Waals surface area contributed by atoms with Gasteiger partial charge < -0.3 is 10.4 Å². The molecule has 72 valence electrons. The topological polar surface area (TPSA) is 58.0 Å². The van der Waals surface area contributed by atoms with Crippen LogP contribution in [0.2, 0.25) is 5.28 Å². The van der Waals surface area contributed by atoms with E-state index in [9.17, 15) is 4.39 Å². The molecule has 0 aliphatic carbocycles. The minimum Gasteiger partial charge on any atom is -0.394 e. The van der Waals surface area contributed by atoms with Gasteiger partial charge in [0.05, 0.1) is 12.8 Å². The van der Waals surface area contributed by atoms with E-state index in [1.54, 1.807) is 6.92 Å². The van der Waals surface area contributed by atoms with Gasteiger partial charge in [0.2, 0.25) is 5.28 Å². The third-order valence-electron chi connectivity index (χ3n) is 1.37. The summed E-state index contributed by atoms with van der Waals surface area (Å²) in [5.74, 6) is -0.591. The molecule has 0 saturated heterocycles. The molecule has 0 radical (unpaired) electrons. The van der Waals surface area contributed by atoms with Gasteiger partial charge in [0.1, 0.15) is 0 Å². The highest BCUT2D eigenvalue weighted by Crippen LogP contribution is 2.12. The lowest BCUT2D eigenvalue weighted by Gasteiger charge is -2.11. The van der Waals surface area contributed by atoms with Crippen molar-refractivity contribution < 1.29 is 9.50 Å². The van der Waals surface area contributed by atoms with Crippen LogP contribution in [-0.4, -0.2) is 27.7 Å². The summed E-state index contributed by atoms with van der Waals surface area (Å²) >= 11 is 5.45. The number of hydrogen-bond acceptors (Lipinski definition) is 4. The van der Waals surface area contributed by atoms with Crippen LogP contribution in [0.3, 0.4) is 0 Å². The van der Waals surface area contributed by atoms with Gasteiger partial charge >= 0.3 is 0 Å². The Balaban J connectivity index is 2.81. The van der Waals surface area contributed by atoms with Crippen LogP contribution < -0.4 is 5.32 Å². The van der Waals surface area contributed by atoms with E-state index in [2.05, 4.69) is 15.3 Å². The summed E-state index contributed by atoms with van der Waals surface area (Å²) in [5.41, 5.74) is 0. The Bertz CT molecular complexity index is 297. The van der Waals surface area contributed by atoms with E-state index in [4.69, 9.17) is 16.7 Å². The van der Waals surface area contributed by atoms with Crippen LogP contribution in [0.25, 0.3) is 0 Å². The van der Waals surface area contributed by atoms with E-state index in [-0.39, 0.29) is 23.8 Å². The Hall–Kier alpha value is -0.940. The van der Waals surface area contributed by atoms with Crippen LogP contribution in [0.4, 0.5) is 10.2 Å². The fourth-order valence-electron chi connectivity index (χ4n) is 0.726. The summed E-state index contributed by atoms with van der Waals surface area (Å²) in [6.07, 6.45) is 0.974. The van der Waals surface area contributed by atoms with Gasteiger partial charge in [-0.1, -0.05) is 0 Å². The molecule has 0 aliphatic heterocycles. The molecule has 13 heavy (non-hydrogen) atoms. The Morgan fingerprint density at radius 2 is 2.46 bits per heavy atom. The number of nitrogens with zero attached hydrogens (tertiary/aromatic N) is 2. The molecule has 1 aromatic heterocycles. The Kier molecular flexibility index (Phi) is 3.39. The summed E-state index contributed by atoms with van der Waals surface area (Å²) in [7, 11) is 0. The third kappa shape index (κ3) is 2.78. The molecule has 0 amide bonds. The van der Waals surface area contributed by atoms with Crippen LogP contribution in [0.1, 0.15) is 6.92 Å². The Morgan fingerprint density at radius 3 is 3.08 bits per heavy atom. The zero-order valence-electron chi connectivity index (χ0n) is 6.96. The first-order valence-electron chi connectivity index (χ1n) is 3.69. The second kappa shape index (κ2) is 4.34. The SMILES string of the molecule is CC(CO)Nc1nc(Cl)ncc1F. The molecule has 0 aliphatic rings. The first-order chi connectivity index (χ1) is 6.13. The molecule has 0 aromatic carbocycles. The molecule has 0 saturated carbocycles. The minimum absolute atomic E-state index is 0.00144. The molecule has 1 aromatic rings. The number of halogens is 2. The highest BCUT2D eigenvalue weighted by molar-refractivity contribution is 6.28. The van der Waals surface area contributed by atoms with E-state index in [0.717, 1.165) is 6.20 Å².